The van der Waals surface area contributed by atoms with Gasteiger partial charge in [0.05, 0.1) is 5.56 Å². The first-order chi connectivity index (χ1) is 16.0. The first-order valence-corrected chi connectivity index (χ1v) is 11.6. The molecule has 2 aliphatic heterocycles. The minimum atomic E-state index is -0.509. The monoisotopic (exact) mass is 449 g/mol. The normalized spacial score (nSPS) is 16.8. The number of benzene rings is 2. The van der Waals surface area contributed by atoms with Gasteiger partial charge in [-0.05, 0) is 36.6 Å². The second-order valence-electron chi connectivity index (χ2n) is 8.84. The Bertz CT molecular complexity index is 997. The molecule has 7 nitrogen and oxygen atoms in total. The van der Waals surface area contributed by atoms with Crippen molar-refractivity contribution in [2.45, 2.75) is 32.9 Å². The van der Waals surface area contributed by atoms with Gasteiger partial charge in [-0.1, -0.05) is 42.0 Å². The lowest BCUT2D eigenvalue weighted by Crippen LogP contribution is -2.49. The van der Waals surface area contributed by atoms with Crippen molar-refractivity contribution in [3.63, 3.8) is 0 Å². The number of carbonyl (C=O) groups excluding carboxylic acids is 3. The van der Waals surface area contributed by atoms with Crippen LogP contribution in [0.4, 0.5) is 0 Å². The standard InChI is InChI=1S/C26H31N3O4/c1-20-4-2-5-22(16-20)17-27-12-14-28(15-13-27)25(31)19-33-26(32)23-9-7-21(8-10-23)18-29-11-3-6-24(29)30/h2,4-5,7-10,16H,3,6,11-15,17-19H2,1H3. The molecule has 4 rings (SSSR count). The highest BCUT2D eigenvalue weighted by Gasteiger charge is 2.23. The van der Waals surface area contributed by atoms with E-state index in [-0.39, 0.29) is 18.4 Å². The number of piperazine rings is 1. The number of ether oxygens (including phenoxy) is 1. The molecule has 0 N–H and O–H groups in total. The van der Waals surface area contributed by atoms with Gasteiger partial charge in [0, 0.05) is 52.2 Å². The van der Waals surface area contributed by atoms with E-state index in [1.807, 2.05) is 17.0 Å². The summed E-state index contributed by atoms with van der Waals surface area (Å²) in [6, 6.07) is 15.5. The molecular formula is C26H31N3O4. The van der Waals surface area contributed by atoms with E-state index in [4.69, 9.17) is 4.74 Å². The molecule has 33 heavy (non-hydrogen) atoms. The molecule has 2 heterocycles. The Morgan fingerprint density at radius 1 is 0.909 bits per heavy atom. The fourth-order valence-electron chi connectivity index (χ4n) is 4.36. The van der Waals surface area contributed by atoms with E-state index < -0.39 is 5.97 Å². The molecule has 0 spiro atoms. The molecule has 0 unspecified atom stereocenters. The quantitative estimate of drug-likeness (QED) is 0.608. The molecule has 7 heteroatoms. The molecule has 174 valence electrons. The highest BCUT2D eigenvalue weighted by molar-refractivity contribution is 5.91. The number of aryl methyl sites for hydroxylation is 1. The van der Waals surface area contributed by atoms with Crippen LogP contribution in [0.25, 0.3) is 0 Å². The van der Waals surface area contributed by atoms with E-state index >= 15 is 0 Å². The van der Waals surface area contributed by atoms with Crippen LogP contribution >= 0.6 is 0 Å². The Balaban J connectivity index is 1.19. The van der Waals surface area contributed by atoms with Crippen molar-refractivity contribution in [1.82, 2.24) is 14.7 Å². The summed E-state index contributed by atoms with van der Waals surface area (Å²) in [5.74, 6) is -0.499. The molecule has 2 fully saturated rings. The summed E-state index contributed by atoms with van der Waals surface area (Å²) in [7, 11) is 0. The minimum absolute atomic E-state index is 0.164. The van der Waals surface area contributed by atoms with Gasteiger partial charge in [0.2, 0.25) is 5.91 Å². The Kier molecular flexibility index (Phi) is 7.40. The Hall–Kier alpha value is -3.19. The van der Waals surface area contributed by atoms with Crippen molar-refractivity contribution in [1.29, 1.82) is 0 Å². The zero-order chi connectivity index (χ0) is 23.2. The van der Waals surface area contributed by atoms with Crippen LogP contribution in [-0.2, 0) is 27.4 Å². The lowest BCUT2D eigenvalue weighted by Gasteiger charge is -2.34. The van der Waals surface area contributed by atoms with E-state index in [0.29, 0.717) is 31.6 Å². The average molecular weight is 450 g/mol. The second kappa shape index (κ2) is 10.6. The van der Waals surface area contributed by atoms with E-state index in [2.05, 4.69) is 36.1 Å². The summed E-state index contributed by atoms with van der Waals surface area (Å²) in [5, 5.41) is 0. The molecular weight excluding hydrogens is 418 g/mol. The molecule has 0 aromatic heterocycles. The maximum atomic E-state index is 12.5. The fourth-order valence-corrected chi connectivity index (χ4v) is 4.36. The number of nitrogens with zero attached hydrogens (tertiary/aromatic N) is 3. The Morgan fingerprint density at radius 3 is 2.33 bits per heavy atom. The predicted octanol–water partition coefficient (Wildman–Crippen LogP) is 2.62. The van der Waals surface area contributed by atoms with Gasteiger partial charge in [-0.25, -0.2) is 4.79 Å². The minimum Gasteiger partial charge on any atom is -0.452 e. The number of hydrogen-bond acceptors (Lipinski definition) is 5. The maximum absolute atomic E-state index is 12.5. The number of rotatable bonds is 7. The largest absolute Gasteiger partial charge is 0.452 e. The number of amides is 2. The Morgan fingerprint density at radius 2 is 1.67 bits per heavy atom. The van der Waals surface area contributed by atoms with Crippen LogP contribution < -0.4 is 0 Å². The van der Waals surface area contributed by atoms with Crippen molar-refractivity contribution in [2.24, 2.45) is 0 Å². The van der Waals surface area contributed by atoms with Gasteiger partial charge in [-0.15, -0.1) is 0 Å². The number of carbonyl (C=O) groups is 3. The Labute approximate surface area is 194 Å². The first-order valence-electron chi connectivity index (χ1n) is 11.6. The topological polar surface area (TPSA) is 70.2 Å². The van der Waals surface area contributed by atoms with Crippen LogP contribution in [0.1, 0.15) is 39.9 Å². The van der Waals surface area contributed by atoms with Crippen LogP contribution in [0.5, 0.6) is 0 Å². The van der Waals surface area contributed by atoms with Gasteiger partial charge < -0.3 is 14.5 Å². The zero-order valence-electron chi connectivity index (χ0n) is 19.2. The predicted molar refractivity (Wildman–Crippen MR) is 124 cm³/mol. The summed E-state index contributed by atoms with van der Waals surface area (Å²) in [4.78, 5) is 42.6. The van der Waals surface area contributed by atoms with Crippen LogP contribution in [0.2, 0.25) is 0 Å². The van der Waals surface area contributed by atoms with E-state index in [9.17, 15) is 14.4 Å². The van der Waals surface area contributed by atoms with Crippen molar-refractivity contribution in [3.05, 3.63) is 70.8 Å². The van der Waals surface area contributed by atoms with Crippen LogP contribution in [0, 0.1) is 6.92 Å². The van der Waals surface area contributed by atoms with Crippen LogP contribution in [0.3, 0.4) is 0 Å². The molecule has 2 aromatic carbocycles. The number of hydrogen-bond donors (Lipinski definition) is 0. The summed E-state index contributed by atoms with van der Waals surface area (Å²) in [5.41, 5.74) is 3.91. The molecule has 0 aliphatic carbocycles. The van der Waals surface area contributed by atoms with Gasteiger partial charge in [0.25, 0.3) is 5.91 Å². The third-order valence-electron chi connectivity index (χ3n) is 6.27. The van der Waals surface area contributed by atoms with Crippen LogP contribution in [-0.4, -0.2) is 71.8 Å². The molecule has 0 bridgehead atoms. The average Bonchev–Trinajstić information content (AvgIpc) is 3.22. The first kappa shape index (κ1) is 23.0. The second-order valence-corrected chi connectivity index (χ2v) is 8.84. The van der Waals surface area contributed by atoms with Crippen molar-refractivity contribution < 1.29 is 19.1 Å². The molecule has 0 saturated carbocycles. The smallest absolute Gasteiger partial charge is 0.338 e. The maximum Gasteiger partial charge on any atom is 0.338 e. The van der Waals surface area contributed by atoms with E-state index in [0.717, 1.165) is 38.2 Å². The lowest BCUT2D eigenvalue weighted by atomic mass is 10.1. The van der Waals surface area contributed by atoms with Gasteiger partial charge in [0.15, 0.2) is 6.61 Å². The highest BCUT2D eigenvalue weighted by atomic mass is 16.5. The van der Waals surface area contributed by atoms with Gasteiger partial charge in [0.1, 0.15) is 0 Å². The summed E-state index contributed by atoms with van der Waals surface area (Å²) < 4.78 is 5.26. The van der Waals surface area contributed by atoms with Crippen molar-refractivity contribution in [2.75, 3.05) is 39.3 Å². The van der Waals surface area contributed by atoms with Crippen molar-refractivity contribution >= 4 is 17.8 Å². The van der Waals surface area contributed by atoms with Gasteiger partial charge in [-0.2, -0.15) is 0 Å². The van der Waals surface area contributed by atoms with Gasteiger partial charge >= 0.3 is 5.97 Å². The third-order valence-corrected chi connectivity index (χ3v) is 6.27. The molecule has 0 radical (unpaired) electrons. The van der Waals surface area contributed by atoms with E-state index in [1.54, 1.807) is 17.0 Å². The lowest BCUT2D eigenvalue weighted by molar-refractivity contribution is -0.136. The summed E-state index contributed by atoms with van der Waals surface area (Å²) in [6.45, 7) is 6.92. The molecule has 2 aliphatic rings. The van der Waals surface area contributed by atoms with Crippen molar-refractivity contribution in [3.8, 4) is 0 Å². The van der Waals surface area contributed by atoms with Crippen LogP contribution in [0.15, 0.2) is 48.5 Å². The SMILES string of the molecule is Cc1cccc(CN2CCN(C(=O)COC(=O)c3ccc(CN4CCCC4=O)cc3)CC2)c1. The zero-order valence-corrected chi connectivity index (χ0v) is 19.2. The summed E-state index contributed by atoms with van der Waals surface area (Å²) >= 11 is 0. The molecule has 2 aromatic rings. The molecule has 0 atom stereocenters. The third kappa shape index (κ3) is 6.20. The number of likely N-dealkylation sites (tertiary alicyclic amines) is 1. The number of esters is 1. The van der Waals surface area contributed by atoms with E-state index in [1.165, 1.54) is 11.1 Å². The fraction of sp³-hybridized carbons (Fsp3) is 0.423. The molecule has 2 amide bonds. The highest BCUT2D eigenvalue weighted by Crippen LogP contribution is 2.15. The molecule has 2 saturated heterocycles. The summed E-state index contributed by atoms with van der Waals surface area (Å²) in [6.07, 6.45) is 1.51. The van der Waals surface area contributed by atoms with Gasteiger partial charge in [-0.3, -0.25) is 14.5 Å².